The maximum absolute atomic E-state index is 6.73. The zero-order chi connectivity index (χ0) is 20.7. The summed E-state index contributed by atoms with van der Waals surface area (Å²) in [7, 11) is 0. The van der Waals surface area contributed by atoms with Crippen LogP contribution in [0.15, 0.2) is 91.0 Å². The van der Waals surface area contributed by atoms with Crippen LogP contribution in [0, 0.1) is 12.3 Å². The molecule has 3 aromatic carbocycles. The van der Waals surface area contributed by atoms with Gasteiger partial charge in [-0.1, -0.05) is 96.9 Å². The highest BCUT2D eigenvalue weighted by Gasteiger charge is 2.48. The van der Waals surface area contributed by atoms with Crippen LogP contribution < -0.4 is 0 Å². The minimum atomic E-state index is -0.784. The maximum atomic E-state index is 6.73. The summed E-state index contributed by atoms with van der Waals surface area (Å²) in [6.45, 7) is 0.640. The van der Waals surface area contributed by atoms with Crippen molar-refractivity contribution < 1.29 is 14.2 Å². The minimum absolute atomic E-state index is 0.226. The van der Waals surface area contributed by atoms with Crippen molar-refractivity contribution in [2.45, 2.75) is 30.8 Å². The predicted octanol–water partition coefficient (Wildman–Crippen LogP) is 4.97. The van der Waals surface area contributed by atoms with Gasteiger partial charge in [-0.15, -0.1) is 6.42 Å². The third-order valence-corrected chi connectivity index (χ3v) is 5.27. The highest BCUT2D eigenvalue weighted by molar-refractivity contribution is 5.24. The van der Waals surface area contributed by atoms with Crippen molar-refractivity contribution in [1.29, 1.82) is 0 Å². The summed E-state index contributed by atoms with van der Waals surface area (Å²) in [5.74, 6) is 1.74. The van der Waals surface area contributed by atoms with Crippen LogP contribution in [0.1, 0.15) is 22.8 Å². The van der Waals surface area contributed by atoms with Gasteiger partial charge in [0.2, 0.25) is 0 Å². The molecule has 0 amide bonds. The van der Waals surface area contributed by atoms with E-state index in [0.29, 0.717) is 19.4 Å². The second-order valence-corrected chi connectivity index (χ2v) is 7.56. The van der Waals surface area contributed by atoms with Crippen molar-refractivity contribution in [1.82, 2.24) is 0 Å². The van der Waals surface area contributed by atoms with E-state index in [1.807, 2.05) is 54.6 Å². The summed E-state index contributed by atoms with van der Waals surface area (Å²) in [5, 5.41) is 0. The average Bonchev–Trinajstić information content (AvgIpc) is 3.14. The Kier molecular flexibility index (Phi) is 6.61. The molecular formula is C27H26O3. The molecule has 2 atom stereocenters. The lowest BCUT2D eigenvalue weighted by Gasteiger charge is -2.29. The molecule has 3 nitrogen and oxygen atoms in total. The summed E-state index contributed by atoms with van der Waals surface area (Å²) >= 11 is 0. The van der Waals surface area contributed by atoms with Gasteiger partial charge in [0.15, 0.2) is 5.79 Å². The van der Waals surface area contributed by atoms with Crippen molar-refractivity contribution in [2.24, 2.45) is 0 Å². The molecule has 1 fully saturated rings. The number of hydrogen-bond acceptors (Lipinski definition) is 3. The molecule has 4 rings (SSSR count). The van der Waals surface area contributed by atoms with E-state index in [-0.39, 0.29) is 18.8 Å². The van der Waals surface area contributed by atoms with Crippen LogP contribution in [-0.2, 0) is 27.1 Å². The first-order valence-corrected chi connectivity index (χ1v) is 10.3. The smallest absolute Gasteiger partial charge is 0.177 e. The van der Waals surface area contributed by atoms with Crippen LogP contribution in [0.25, 0.3) is 0 Å². The van der Waals surface area contributed by atoms with Crippen molar-refractivity contribution in [3.05, 3.63) is 108 Å². The van der Waals surface area contributed by atoms with Crippen LogP contribution >= 0.6 is 0 Å². The zero-order valence-corrected chi connectivity index (χ0v) is 16.9. The third-order valence-electron chi connectivity index (χ3n) is 5.27. The molecule has 1 saturated heterocycles. The van der Waals surface area contributed by atoms with Crippen molar-refractivity contribution in [3.63, 3.8) is 0 Å². The first-order chi connectivity index (χ1) is 14.8. The lowest BCUT2D eigenvalue weighted by molar-refractivity contribution is -0.177. The van der Waals surface area contributed by atoms with E-state index in [1.54, 1.807) is 0 Å². The Morgan fingerprint density at radius 3 is 1.83 bits per heavy atom. The van der Waals surface area contributed by atoms with Gasteiger partial charge in [-0.3, -0.25) is 0 Å². The second-order valence-electron chi connectivity index (χ2n) is 7.56. The summed E-state index contributed by atoms with van der Waals surface area (Å²) < 4.78 is 19.1. The van der Waals surface area contributed by atoms with Gasteiger partial charge in [-0.05, 0) is 16.7 Å². The molecule has 3 heteroatoms. The second kappa shape index (κ2) is 9.73. The summed E-state index contributed by atoms with van der Waals surface area (Å²) in [6, 6.07) is 30.9. The fraction of sp³-hybridized carbons (Fsp3) is 0.259. The van der Waals surface area contributed by atoms with Crippen LogP contribution in [0.3, 0.4) is 0 Å². The summed E-state index contributed by atoms with van der Waals surface area (Å²) in [5.41, 5.74) is 3.42. The Labute approximate surface area is 178 Å². The van der Waals surface area contributed by atoms with E-state index in [1.165, 1.54) is 11.1 Å². The monoisotopic (exact) mass is 398 g/mol. The SMILES string of the molecule is C#CCOC[C@@H]1OC(Cc2ccccc2)(Cc2ccccc2)O[C@@H]1c1ccccc1. The number of terminal acetylenes is 1. The molecule has 30 heavy (non-hydrogen) atoms. The van der Waals surface area contributed by atoms with Gasteiger partial charge in [0, 0.05) is 12.8 Å². The number of ether oxygens (including phenoxy) is 3. The summed E-state index contributed by atoms with van der Waals surface area (Å²) in [4.78, 5) is 0. The molecule has 0 radical (unpaired) electrons. The lowest BCUT2D eigenvalue weighted by atomic mass is 9.97. The quantitative estimate of drug-likeness (QED) is 0.396. The Balaban J connectivity index is 1.66. The van der Waals surface area contributed by atoms with Gasteiger partial charge in [0.05, 0.1) is 6.61 Å². The fourth-order valence-corrected chi connectivity index (χ4v) is 4.00. The van der Waals surface area contributed by atoms with Gasteiger partial charge in [-0.25, -0.2) is 0 Å². The van der Waals surface area contributed by atoms with Gasteiger partial charge in [0.25, 0.3) is 0 Å². The maximum Gasteiger partial charge on any atom is 0.177 e. The average molecular weight is 399 g/mol. The van der Waals surface area contributed by atoms with Crippen LogP contribution in [-0.4, -0.2) is 25.1 Å². The number of rotatable bonds is 8. The molecule has 0 bridgehead atoms. The van der Waals surface area contributed by atoms with E-state index < -0.39 is 5.79 Å². The Morgan fingerprint density at radius 1 is 0.767 bits per heavy atom. The molecule has 152 valence electrons. The molecule has 3 aromatic rings. The highest BCUT2D eigenvalue weighted by Crippen LogP contribution is 2.42. The van der Waals surface area contributed by atoms with Gasteiger partial charge < -0.3 is 14.2 Å². The molecule has 0 N–H and O–H groups in total. The van der Waals surface area contributed by atoms with Gasteiger partial charge >= 0.3 is 0 Å². The van der Waals surface area contributed by atoms with Gasteiger partial charge in [0.1, 0.15) is 18.8 Å². The molecule has 0 unspecified atom stereocenters. The molecule has 0 aliphatic carbocycles. The number of hydrogen-bond donors (Lipinski definition) is 0. The molecule has 1 aliphatic rings. The normalized spacial score (nSPS) is 20.0. The molecule has 0 aromatic heterocycles. The number of benzene rings is 3. The molecule has 0 saturated carbocycles. The van der Waals surface area contributed by atoms with Crippen molar-refractivity contribution in [2.75, 3.05) is 13.2 Å². The van der Waals surface area contributed by atoms with Gasteiger partial charge in [-0.2, -0.15) is 0 Å². The van der Waals surface area contributed by atoms with Crippen LogP contribution in [0.4, 0.5) is 0 Å². The fourth-order valence-electron chi connectivity index (χ4n) is 4.00. The largest absolute Gasteiger partial charge is 0.366 e. The first kappa shape index (κ1) is 20.4. The molecule has 1 aliphatic heterocycles. The van der Waals surface area contributed by atoms with Crippen molar-refractivity contribution >= 4 is 0 Å². The highest BCUT2D eigenvalue weighted by atomic mass is 16.8. The molecule has 0 spiro atoms. The predicted molar refractivity (Wildman–Crippen MR) is 118 cm³/mol. The minimum Gasteiger partial charge on any atom is -0.366 e. The lowest BCUT2D eigenvalue weighted by Crippen LogP contribution is -2.37. The van der Waals surface area contributed by atoms with Crippen LogP contribution in [0.2, 0.25) is 0 Å². The Morgan fingerprint density at radius 2 is 1.30 bits per heavy atom. The first-order valence-electron chi connectivity index (χ1n) is 10.3. The van der Waals surface area contributed by atoms with E-state index >= 15 is 0 Å². The summed E-state index contributed by atoms with van der Waals surface area (Å²) in [6.07, 6.45) is 6.20. The van der Waals surface area contributed by atoms with Crippen LogP contribution in [0.5, 0.6) is 0 Å². The van der Waals surface area contributed by atoms with E-state index in [0.717, 1.165) is 5.56 Å². The zero-order valence-electron chi connectivity index (χ0n) is 16.9. The van der Waals surface area contributed by atoms with E-state index in [2.05, 4.69) is 42.3 Å². The Bertz CT molecular complexity index is 906. The molecule has 1 heterocycles. The topological polar surface area (TPSA) is 27.7 Å². The van der Waals surface area contributed by atoms with Crippen molar-refractivity contribution in [3.8, 4) is 12.3 Å². The molecular weight excluding hydrogens is 372 g/mol. The Hall–Kier alpha value is -2.90. The van der Waals surface area contributed by atoms with E-state index in [4.69, 9.17) is 20.6 Å². The standard InChI is InChI=1S/C27H26O3/c1-2-18-28-21-25-26(24-16-10-5-11-17-24)30-27(29-25,19-22-12-6-3-7-13-22)20-23-14-8-4-9-15-23/h1,3-17,25-26H,18-21H2/t25-,26+/m0/s1. The third kappa shape index (κ3) is 4.98. The van der Waals surface area contributed by atoms with E-state index in [9.17, 15) is 0 Å².